The zero-order chi connectivity index (χ0) is 14.1. The first-order chi connectivity index (χ1) is 9.72. The minimum absolute atomic E-state index is 0.103. The van der Waals surface area contributed by atoms with Crippen molar-refractivity contribution in [2.75, 3.05) is 7.11 Å². The largest absolute Gasteiger partial charge is 0.294 e. The summed E-state index contributed by atoms with van der Waals surface area (Å²) >= 11 is 3.02. The van der Waals surface area contributed by atoms with E-state index in [-0.39, 0.29) is 5.43 Å². The van der Waals surface area contributed by atoms with Crippen LogP contribution in [-0.4, -0.2) is 7.11 Å². The minimum Gasteiger partial charge on any atom is -0.294 e. The Bertz CT molecular complexity index is 842. The maximum atomic E-state index is 12.7. The Kier molecular flexibility index (Phi) is 3.76. The Morgan fingerprint density at radius 2 is 1.95 bits per heavy atom. The summed E-state index contributed by atoms with van der Waals surface area (Å²) in [4.78, 5) is 21.3. The molecule has 0 radical (unpaired) electrons. The van der Waals surface area contributed by atoms with Crippen molar-refractivity contribution in [3.8, 4) is 0 Å². The number of rotatable bonds is 3. The lowest BCUT2D eigenvalue weighted by molar-refractivity contribution is 0.163. The van der Waals surface area contributed by atoms with Gasteiger partial charge in [0.05, 0.1) is 7.11 Å². The minimum atomic E-state index is 0.103. The van der Waals surface area contributed by atoms with Gasteiger partial charge in [0.2, 0.25) is 0 Å². The first-order valence-corrected chi connectivity index (χ1v) is 7.75. The summed E-state index contributed by atoms with van der Waals surface area (Å²) in [6.07, 6.45) is 0. The zero-order valence-corrected chi connectivity index (χ0v) is 12.7. The fraction of sp³-hybridized carbons (Fsp3) is 0.133. The number of hydrogen-bond acceptors (Lipinski definition) is 5. The predicted molar refractivity (Wildman–Crippen MR) is 86.3 cm³/mol. The summed E-state index contributed by atoms with van der Waals surface area (Å²) in [5.74, 6) is 0. The second kappa shape index (κ2) is 5.54. The molecular weight excluding hydrogens is 290 g/mol. The molecule has 1 heterocycles. The highest BCUT2D eigenvalue weighted by Gasteiger charge is 2.11. The lowest BCUT2D eigenvalue weighted by atomic mass is 10.1. The van der Waals surface area contributed by atoms with Crippen LogP contribution in [0.2, 0.25) is 0 Å². The summed E-state index contributed by atoms with van der Waals surface area (Å²) in [6.45, 7) is 1.98. The fourth-order valence-electron chi connectivity index (χ4n) is 2.23. The van der Waals surface area contributed by atoms with Gasteiger partial charge < -0.3 is 0 Å². The molecule has 3 aromatic rings. The average molecular weight is 303 g/mol. The second-order valence-electron chi connectivity index (χ2n) is 4.38. The summed E-state index contributed by atoms with van der Waals surface area (Å²) in [5.41, 5.74) is 1.09. The molecule has 5 heteroatoms. The van der Waals surface area contributed by atoms with Crippen molar-refractivity contribution in [1.29, 1.82) is 0 Å². The van der Waals surface area contributed by atoms with E-state index in [0.29, 0.717) is 0 Å². The van der Waals surface area contributed by atoms with Crippen LogP contribution < -0.4 is 10.3 Å². The van der Waals surface area contributed by atoms with E-state index in [1.807, 2.05) is 43.3 Å². The molecule has 1 aromatic heterocycles. The van der Waals surface area contributed by atoms with Gasteiger partial charge >= 0.3 is 0 Å². The molecular formula is C15H13NO2S2. The van der Waals surface area contributed by atoms with Crippen LogP contribution in [0.4, 0.5) is 0 Å². The zero-order valence-electron chi connectivity index (χ0n) is 11.1. The van der Waals surface area contributed by atoms with Crippen molar-refractivity contribution < 1.29 is 4.84 Å². The molecule has 3 nitrogen and oxygen atoms in total. The molecule has 1 N–H and O–H groups in total. The van der Waals surface area contributed by atoms with E-state index in [9.17, 15) is 4.79 Å². The molecule has 20 heavy (non-hydrogen) atoms. The number of aryl methyl sites for hydroxylation is 1. The number of nitrogens with one attached hydrogen (secondary N) is 1. The highest BCUT2D eigenvalue weighted by molar-refractivity contribution is 7.97. The monoisotopic (exact) mass is 303 g/mol. The Morgan fingerprint density at radius 1 is 1.15 bits per heavy atom. The summed E-state index contributed by atoms with van der Waals surface area (Å²) in [5, 5.41) is 1.59. The lowest BCUT2D eigenvalue weighted by Crippen LogP contribution is -2.05. The first-order valence-electron chi connectivity index (χ1n) is 6.12. The van der Waals surface area contributed by atoms with E-state index in [2.05, 4.69) is 4.89 Å². The van der Waals surface area contributed by atoms with E-state index in [0.717, 1.165) is 30.6 Å². The number of fused-ring (bicyclic) bond motifs is 2. The second-order valence-corrected chi connectivity index (χ2v) is 6.27. The normalized spacial score (nSPS) is 11.3. The highest BCUT2D eigenvalue weighted by atomic mass is 32.2. The molecule has 0 unspecified atom stereocenters. The topological polar surface area (TPSA) is 38.3 Å². The van der Waals surface area contributed by atoms with E-state index < -0.39 is 0 Å². The van der Waals surface area contributed by atoms with Crippen molar-refractivity contribution in [2.24, 2.45) is 0 Å². The van der Waals surface area contributed by atoms with Crippen LogP contribution in [0.15, 0.2) is 46.1 Å². The van der Waals surface area contributed by atoms with E-state index in [1.54, 1.807) is 18.4 Å². The van der Waals surface area contributed by atoms with Crippen molar-refractivity contribution >= 4 is 43.5 Å². The standard InChI is InChI=1S/C15H13NO2S2/c1-9-11(20-16-18-2)7-8-13-14(9)15(17)10-5-3-4-6-12(10)19-13/h3-8,16H,1-2H3. The van der Waals surface area contributed by atoms with Crippen LogP contribution in [0.5, 0.6) is 0 Å². The van der Waals surface area contributed by atoms with Crippen LogP contribution in [-0.2, 0) is 4.84 Å². The average Bonchev–Trinajstić information content (AvgIpc) is 2.47. The van der Waals surface area contributed by atoms with Crippen LogP contribution in [0.3, 0.4) is 0 Å². The van der Waals surface area contributed by atoms with Crippen LogP contribution >= 0.6 is 23.3 Å². The third-order valence-electron chi connectivity index (χ3n) is 3.19. The van der Waals surface area contributed by atoms with Gasteiger partial charge in [-0.25, -0.2) is 0 Å². The van der Waals surface area contributed by atoms with E-state index in [1.165, 1.54) is 11.9 Å². The quantitative estimate of drug-likeness (QED) is 0.453. The molecule has 0 bridgehead atoms. The molecule has 0 saturated carbocycles. The molecule has 0 spiro atoms. The summed E-state index contributed by atoms with van der Waals surface area (Å²) < 4.78 is 2.05. The SMILES string of the molecule is CONSc1ccc2sc3ccccc3c(=O)c2c1C. The molecule has 0 aliphatic carbocycles. The van der Waals surface area contributed by atoms with Crippen molar-refractivity contribution in [2.45, 2.75) is 11.8 Å². The van der Waals surface area contributed by atoms with Gasteiger partial charge in [-0.1, -0.05) is 12.1 Å². The molecule has 0 amide bonds. The predicted octanol–water partition coefficient (Wildman–Crippen LogP) is 3.88. The van der Waals surface area contributed by atoms with Gasteiger partial charge in [-0.3, -0.25) is 9.63 Å². The van der Waals surface area contributed by atoms with Gasteiger partial charge in [0.15, 0.2) is 5.43 Å². The van der Waals surface area contributed by atoms with E-state index >= 15 is 0 Å². The van der Waals surface area contributed by atoms with Gasteiger partial charge in [-0.05, 0) is 48.7 Å². The van der Waals surface area contributed by atoms with Crippen LogP contribution in [0, 0.1) is 6.92 Å². The number of benzene rings is 2. The van der Waals surface area contributed by atoms with Gasteiger partial charge in [0.1, 0.15) is 0 Å². The fourth-order valence-corrected chi connectivity index (χ4v) is 3.93. The smallest absolute Gasteiger partial charge is 0.196 e. The van der Waals surface area contributed by atoms with Gasteiger partial charge in [-0.2, -0.15) is 0 Å². The van der Waals surface area contributed by atoms with Crippen LogP contribution in [0.1, 0.15) is 5.56 Å². The molecule has 0 fully saturated rings. The highest BCUT2D eigenvalue weighted by Crippen LogP contribution is 2.31. The van der Waals surface area contributed by atoms with Crippen molar-refractivity contribution in [1.82, 2.24) is 4.89 Å². The molecule has 0 aliphatic heterocycles. The van der Waals surface area contributed by atoms with Crippen LogP contribution in [0.25, 0.3) is 20.2 Å². The molecule has 0 saturated heterocycles. The third kappa shape index (κ3) is 2.23. The van der Waals surface area contributed by atoms with E-state index in [4.69, 9.17) is 4.84 Å². The van der Waals surface area contributed by atoms with Gasteiger partial charge in [0.25, 0.3) is 0 Å². The maximum Gasteiger partial charge on any atom is 0.196 e. The third-order valence-corrected chi connectivity index (χ3v) is 5.24. The van der Waals surface area contributed by atoms with Gasteiger partial charge in [0, 0.05) is 25.1 Å². The Balaban J connectivity index is 2.33. The maximum absolute atomic E-state index is 12.7. The molecule has 102 valence electrons. The molecule has 0 atom stereocenters. The first kappa shape index (κ1) is 13.6. The summed E-state index contributed by atoms with van der Waals surface area (Å²) in [7, 11) is 1.57. The molecule has 0 aliphatic rings. The Morgan fingerprint density at radius 3 is 2.75 bits per heavy atom. The Hall–Kier alpha value is -1.40. The molecule has 3 rings (SSSR count). The molecule has 2 aromatic carbocycles. The lowest BCUT2D eigenvalue weighted by Gasteiger charge is -2.09. The van der Waals surface area contributed by atoms with Crippen molar-refractivity contribution in [3.05, 3.63) is 52.2 Å². The summed E-state index contributed by atoms with van der Waals surface area (Å²) in [6, 6.07) is 11.8. The Labute approximate surface area is 124 Å². The van der Waals surface area contributed by atoms with Gasteiger partial charge in [-0.15, -0.1) is 16.2 Å². The van der Waals surface area contributed by atoms with Crippen molar-refractivity contribution in [3.63, 3.8) is 0 Å². The number of hydrogen-bond donors (Lipinski definition) is 1.